The van der Waals surface area contributed by atoms with E-state index in [1.807, 2.05) is 0 Å². The molecule has 1 aliphatic rings. The van der Waals surface area contributed by atoms with Crippen molar-refractivity contribution in [1.29, 1.82) is 0 Å². The largest absolute Gasteiger partial charge is 0.416 e. The number of nitrogens with one attached hydrogen (secondary N) is 2. The third-order valence-corrected chi connectivity index (χ3v) is 5.22. The summed E-state index contributed by atoms with van der Waals surface area (Å²) in [7, 11) is 0. The van der Waals surface area contributed by atoms with Gasteiger partial charge in [0.05, 0.1) is 17.6 Å². The fourth-order valence-corrected chi connectivity index (χ4v) is 3.29. The van der Waals surface area contributed by atoms with Crippen LogP contribution in [0.2, 0.25) is 0 Å². The molecule has 0 atom stereocenters. The minimum atomic E-state index is -4.46. The van der Waals surface area contributed by atoms with Crippen molar-refractivity contribution >= 4 is 16.9 Å². The summed E-state index contributed by atoms with van der Waals surface area (Å²) >= 11 is 0. The fourth-order valence-electron chi connectivity index (χ4n) is 3.29. The van der Waals surface area contributed by atoms with Crippen LogP contribution in [0.3, 0.4) is 0 Å². The number of rotatable bonds is 8. The molecule has 1 aromatic carbocycles. The first-order chi connectivity index (χ1) is 13.8. The molecule has 2 aromatic rings. The zero-order valence-corrected chi connectivity index (χ0v) is 16.7. The smallest absolute Gasteiger partial charge is 0.366 e. The maximum Gasteiger partial charge on any atom is 0.416 e. The quantitative estimate of drug-likeness (QED) is 0.602. The SMILES string of the molecule is CC(C)(OCCc1nc2ccc(CNC(=O)CC3CC(F)(F)C3)cc2[nH]1)C(F)(F)F. The van der Waals surface area contributed by atoms with E-state index in [0.717, 1.165) is 19.4 Å². The van der Waals surface area contributed by atoms with E-state index in [2.05, 4.69) is 15.3 Å². The molecule has 3 rings (SSSR count). The molecule has 1 amide bonds. The van der Waals surface area contributed by atoms with Crippen molar-refractivity contribution < 1.29 is 31.5 Å². The number of alkyl halides is 5. The van der Waals surface area contributed by atoms with E-state index >= 15 is 0 Å². The van der Waals surface area contributed by atoms with Gasteiger partial charge in [-0.15, -0.1) is 0 Å². The van der Waals surface area contributed by atoms with E-state index in [-0.39, 0.29) is 50.7 Å². The predicted octanol–water partition coefficient (Wildman–Crippen LogP) is 4.51. The lowest BCUT2D eigenvalue weighted by molar-refractivity contribution is -0.263. The Morgan fingerprint density at radius 3 is 2.63 bits per heavy atom. The third kappa shape index (κ3) is 5.47. The van der Waals surface area contributed by atoms with E-state index in [0.29, 0.717) is 16.9 Å². The second-order valence-electron chi connectivity index (χ2n) is 8.25. The Hall–Kier alpha value is -2.23. The Labute approximate surface area is 170 Å². The first kappa shape index (κ1) is 22.5. The number of hydrogen-bond donors (Lipinski definition) is 2. The number of nitrogens with zero attached hydrogens (tertiary/aromatic N) is 1. The predicted molar refractivity (Wildman–Crippen MR) is 100 cm³/mol. The molecule has 1 aromatic heterocycles. The van der Waals surface area contributed by atoms with Crippen LogP contribution < -0.4 is 5.32 Å². The lowest BCUT2D eigenvalue weighted by Gasteiger charge is -2.34. The van der Waals surface area contributed by atoms with Gasteiger partial charge in [0.25, 0.3) is 0 Å². The van der Waals surface area contributed by atoms with Crippen molar-refractivity contribution in [1.82, 2.24) is 15.3 Å². The zero-order chi connectivity index (χ0) is 22.2. The van der Waals surface area contributed by atoms with Gasteiger partial charge in [-0.1, -0.05) is 6.07 Å². The first-order valence-corrected chi connectivity index (χ1v) is 9.67. The lowest BCUT2D eigenvalue weighted by atomic mass is 9.79. The normalized spacial score (nSPS) is 17.2. The fraction of sp³-hybridized carbons (Fsp3) is 0.600. The van der Waals surface area contributed by atoms with Gasteiger partial charge >= 0.3 is 6.18 Å². The van der Waals surface area contributed by atoms with Gasteiger partial charge in [0.2, 0.25) is 11.8 Å². The van der Waals surface area contributed by atoms with Crippen LogP contribution in [0.4, 0.5) is 22.0 Å². The van der Waals surface area contributed by atoms with Crippen LogP contribution in [0.5, 0.6) is 0 Å². The highest BCUT2D eigenvalue weighted by Crippen LogP contribution is 2.43. The number of ether oxygens (including phenoxy) is 1. The molecule has 5 nitrogen and oxygen atoms in total. The minimum absolute atomic E-state index is 0.0836. The van der Waals surface area contributed by atoms with Crippen LogP contribution in [-0.2, 0) is 22.5 Å². The summed E-state index contributed by atoms with van der Waals surface area (Å²) in [6, 6.07) is 5.29. The Kier molecular flexibility index (Phi) is 6.08. The molecule has 0 saturated heterocycles. The number of benzene rings is 1. The molecular formula is C20H24F5N3O2. The number of aromatic nitrogens is 2. The molecule has 0 aliphatic heterocycles. The highest BCUT2D eigenvalue weighted by Gasteiger charge is 2.48. The van der Waals surface area contributed by atoms with Crippen molar-refractivity contribution in [3.05, 3.63) is 29.6 Å². The van der Waals surface area contributed by atoms with Gasteiger partial charge in [0.1, 0.15) is 5.82 Å². The van der Waals surface area contributed by atoms with Crippen LogP contribution in [0.25, 0.3) is 11.0 Å². The highest BCUT2D eigenvalue weighted by atomic mass is 19.4. The highest BCUT2D eigenvalue weighted by molar-refractivity contribution is 5.78. The van der Waals surface area contributed by atoms with Crippen molar-refractivity contribution in [2.75, 3.05) is 6.61 Å². The van der Waals surface area contributed by atoms with E-state index in [1.54, 1.807) is 18.2 Å². The van der Waals surface area contributed by atoms with Crippen molar-refractivity contribution in [2.45, 2.75) is 63.8 Å². The van der Waals surface area contributed by atoms with Gasteiger partial charge in [-0.2, -0.15) is 13.2 Å². The van der Waals surface area contributed by atoms with Crippen LogP contribution in [-0.4, -0.2) is 40.2 Å². The number of carbonyl (C=O) groups is 1. The van der Waals surface area contributed by atoms with Crippen LogP contribution >= 0.6 is 0 Å². The summed E-state index contributed by atoms with van der Waals surface area (Å²) in [5, 5.41) is 2.72. The number of carbonyl (C=O) groups excluding carboxylic acids is 1. The second kappa shape index (κ2) is 8.13. The van der Waals surface area contributed by atoms with Gasteiger partial charge in [0, 0.05) is 32.2 Å². The Balaban J connectivity index is 1.50. The number of amides is 1. The van der Waals surface area contributed by atoms with Crippen LogP contribution in [0, 0.1) is 5.92 Å². The summed E-state index contributed by atoms with van der Waals surface area (Å²) in [6.45, 7) is 2.05. The monoisotopic (exact) mass is 433 g/mol. The van der Waals surface area contributed by atoms with Crippen molar-refractivity contribution in [3.63, 3.8) is 0 Å². The topological polar surface area (TPSA) is 67.0 Å². The molecule has 2 N–H and O–H groups in total. The molecule has 0 bridgehead atoms. The van der Waals surface area contributed by atoms with Crippen LogP contribution in [0.15, 0.2) is 18.2 Å². The van der Waals surface area contributed by atoms with Gasteiger partial charge in [-0.3, -0.25) is 4.79 Å². The van der Waals surface area contributed by atoms with Gasteiger partial charge in [-0.05, 0) is 37.5 Å². The summed E-state index contributed by atoms with van der Waals surface area (Å²) in [4.78, 5) is 19.3. The van der Waals surface area contributed by atoms with E-state index < -0.39 is 17.7 Å². The molecule has 0 radical (unpaired) electrons. The molecule has 0 spiro atoms. The molecule has 10 heteroatoms. The molecule has 1 fully saturated rings. The van der Waals surface area contributed by atoms with E-state index in [1.165, 1.54) is 0 Å². The lowest BCUT2D eigenvalue weighted by Crippen LogP contribution is -2.42. The number of halogens is 5. The van der Waals surface area contributed by atoms with Gasteiger partial charge in [0.15, 0.2) is 5.60 Å². The van der Waals surface area contributed by atoms with Crippen molar-refractivity contribution in [2.24, 2.45) is 5.92 Å². The summed E-state index contributed by atoms with van der Waals surface area (Å²) in [5.41, 5.74) is -0.114. The second-order valence-corrected chi connectivity index (χ2v) is 8.25. The Morgan fingerprint density at radius 2 is 2.00 bits per heavy atom. The summed E-state index contributed by atoms with van der Waals surface area (Å²) in [5.74, 6) is -2.69. The maximum absolute atomic E-state index is 12.8. The average molecular weight is 433 g/mol. The molecule has 30 heavy (non-hydrogen) atoms. The zero-order valence-electron chi connectivity index (χ0n) is 16.7. The number of H-pyrrole nitrogens is 1. The molecular weight excluding hydrogens is 409 g/mol. The standard InChI is InChI=1S/C20H24F5N3O2/c1-18(2,20(23,24)25)30-6-5-16-27-14-4-3-12(7-15(14)28-16)11-26-17(29)8-13-9-19(21,22)10-13/h3-4,7,13H,5-6,8-11H2,1-2H3,(H,26,29)(H,27,28). The Bertz CT molecular complexity index is 899. The molecule has 166 valence electrons. The first-order valence-electron chi connectivity index (χ1n) is 9.67. The average Bonchev–Trinajstić information content (AvgIpc) is 2.99. The third-order valence-electron chi connectivity index (χ3n) is 5.22. The van der Waals surface area contributed by atoms with E-state index in [4.69, 9.17) is 4.74 Å². The van der Waals surface area contributed by atoms with Gasteiger partial charge in [-0.25, -0.2) is 13.8 Å². The molecule has 1 saturated carbocycles. The van der Waals surface area contributed by atoms with Gasteiger partial charge < -0.3 is 15.0 Å². The maximum atomic E-state index is 12.8. The Morgan fingerprint density at radius 1 is 1.30 bits per heavy atom. The molecule has 0 unspecified atom stereocenters. The van der Waals surface area contributed by atoms with Crippen molar-refractivity contribution in [3.8, 4) is 0 Å². The summed E-state index contributed by atoms with van der Waals surface area (Å²) < 4.78 is 69.1. The van der Waals surface area contributed by atoms with E-state index in [9.17, 15) is 26.7 Å². The number of hydrogen-bond acceptors (Lipinski definition) is 3. The molecule has 1 aliphatic carbocycles. The number of aromatic amines is 1. The van der Waals surface area contributed by atoms with Crippen LogP contribution in [0.1, 0.15) is 44.5 Å². The number of fused-ring (bicyclic) bond motifs is 1. The minimum Gasteiger partial charge on any atom is -0.366 e. The number of imidazole rings is 1. The summed E-state index contributed by atoms with van der Waals surface area (Å²) in [6.07, 6.45) is -4.67. The molecule has 1 heterocycles.